The molecule has 0 spiro atoms. The van der Waals surface area contributed by atoms with Crippen molar-refractivity contribution in [1.29, 1.82) is 0 Å². The molecule has 0 bridgehead atoms. The van der Waals surface area contributed by atoms with Crippen LogP contribution in [0.3, 0.4) is 0 Å². The highest BCUT2D eigenvalue weighted by atomic mass is 19.1. The van der Waals surface area contributed by atoms with Gasteiger partial charge in [0, 0.05) is 11.3 Å². The Morgan fingerprint density at radius 2 is 1.73 bits per heavy atom. The summed E-state index contributed by atoms with van der Waals surface area (Å²) in [5.74, 6) is 0.877. The molecule has 2 unspecified atom stereocenters. The Morgan fingerprint density at radius 3 is 2.13 bits per heavy atom. The predicted octanol–water partition coefficient (Wildman–Crippen LogP) is 4.51. The quantitative estimate of drug-likeness (QED) is 0.588. The molecule has 3 atom stereocenters. The summed E-state index contributed by atoms with van der Waals surface area (Å²) in [6.45, 7) is 6.28. The molecule has 86 valence electrons. The molecule has 0 aromatic heterocycles. The van der Waals surface area contributed by atoms with Crippen LogP contribution in [0.4, 0.5) is 4.39 Å². The fourth-order valence-corrected chi connectivity index (χ4v) is 3.59. The number of rotatable bonds is 2. The Kier molecular flexibility index (Phi) is 2.92. The highest BCUT2D eigenvalue weighted by Gasteiger charge is 2.65. The smallest absolute Gasteiger partial charge is 0.113 e. The van der Waals surface area contributed by atoms with E-state index in [0.29, 0.717) is 5.92 Å². The Labute approximate surface area is 92.9 Å². The lowest BCUT2D eigenvalue weighted by molar-refractivity contribution is 0.228. The summed E-state index contributed by atoms with van der Waals surface area (Å²) < 4.78 is 13.9. The van der Waals surface area contributed by atoms with Crippen LogP contribution in [-0.4, -0.2) is 6.17 Å². The first-order valence-electron chi connectivity index (χ1n) is 6.39. The van der Waals surface area contributed by atoms with Crippen LogP contribution in [0.2, 0.25) is 0 Å². The van der Waals surface area contributed by atoms with Gasteiger partial charge in [-0.25, -0.2) is 4.39 Å². The maximum atomic E-state index is 13.9. The van der Waals surface area contributed by atoms with E-state index in [9.17, 15) is 4.39 Å². The summed E-state index contributed by atoms with van der Waals surface area (Å²) in [6, 6.07) is 0. The molecule has 0 saturated heterocycles. The monoisotopic (exact) mass is 210 g/mol. The van der Waals surface area contributed by atoms with Crippen LogP contribution in [0.25, 0.3) is 0 Å². The van der Waals surface area contributed by atoms with E-state index in [2.05, 4.69) is 26.8 Å². The molecule has 0 amide bonds. The van der Waals surface area contributed by atoms with E-state index in [0.717, 1.165) is 0 Å². The normalized spacial score (nSPS) is 41.3. The zero-order chi connectivity index (χ0) is 11.1. The molecule has 2 saturated carbocycles. The summed E-state index contributed by atoms with van der Waals surface area (Å²) in [5.41, 5.74) is 1.21. The third kappa shape index (κ3) is 1.74. The van der Waals surface area contributed by atoms with Gasteiger partial charge in [-0.1, -0.05) is 37.8 Å². The standard InChI is InChI=1S/C14H23F/c1-10(2)9-14(11(3)13(14)15)12-7-5-4-6-8-12/h9,11-13H,4-8H2,1-3H3/t11?,13-,14?/m0/s1. The molecule has 0 aliphatic heterocycles. The molecule has 1 heteroatoms. The number of hydrogen-bond acceptors (Lipinski definition) is 0. The molecule has 0 nitrogen and oxygen atoms in total. The molecule has 2 fully saturated rings. The van der Waals surface area contributed by atoms with Crippen LogP contribution < -0.4 is 0 Å². The molecule has 0 radical (unpaired) electrons. The minimum absolute atomic E-state index is 0.0702. The number of hydrogen-bond donors (Lipinski definition) is 0. The SMILES string of the molecule is CC(C)=CC1(C2CCCCC2)C(C)[C@@H]1F. The van der Waals surface area contributed by atoms with Crippen molar-refractivity contribution in [2.75, 3.05) is 0 Å². The second-order valence-electron chi connectivity index (χ2n) is 5.75. The molecule has 15 heavy (non-hydrogen) atoms. The van der Waals surface area contributed by atoms with Crippen molar-refractivity contribution in [2.24, 2.45) is 17.3 Å². The van der Waals surface area contributed by atoms with Crippen molar-refractivity contribution in [1.82, 2.24) is 0 Å². The number of halogens is 1. The minimum Gasteiger partial charge on any atom is -0.246 e. The zero-order valence-corrected chi connectivity index (χ0v) is 10.2. The van der Waals surface area contributed by atoms with Gasteiger partial charge >= 0.3 is 0 Å². The largest absolute Gasteiger partial charge is 0.246 e. The molecule has 0 aromatic carbocycles. The van der Waals surface area contributed by atoms with Crippen molar-refractivity contribution < 1.29 is 4.39 Å². The second kappa shape index (κ2) is 3.92. The van der Waals surface area contributed by atoms with E-state index in [1.807, 2.05) is 0 Å². The van der Waals surface area contributed by atoms with E-state index in [1.54, 1.807) is 0 Å². The highest BCUT2D eigenvalue weighted by molar-refractivity contribution is 5.25. The molecular weight excluding hydrogens is 187 g/mol. The lowest BCUT2D eigenvalue weighted by Crippen LogP contribution is -2.21. The molecule has 0 heterocycles. The lowest BCUT2D eigenvalue weighted by Gasteiger charge is -2.29. The van der Waals surface area contributed by atoms with Crippen LogP contribution in [0.5, 0.6) is 0 Å². The van der Waals surface area contributed by atoms with E-state index in [1.165, 1.54) is 37.7 Å². The van der Waals surface area contributed by atoms with Crippen LogP contribution in [0, 0.1) is 17.3 Å². The molecule has 2 aliphatic rings. The second-order valence-corrected chi connectivity index (χ2v) is 5.75. The molecule has 2 rings (SSSR count). The fraction of sp³-hybridized carbons (Fsp3) is 0.857. The topological polar surface area (TPSA) is 0 Å². The van der Waals surface area contributed by atoms with Gasteiger partial charge in [-0.15, -0.1) is 0 Å². The van der Waals surface area contributed by atoms with Crippen molar-refractivity contribution in [2.45, 2.75) is 59.0 Å². The Bertz CT molecular complexity index is 249. The lowest BCUT2D eigenvalue weighted by atomic mass is 9.75. The van der Waals surface area contributed by atoms with Gasteiger partial charge in [-0.3, -0.25) is 0 Å². The van der Waals surface area contributed by atoms with Crippen molar-refractivity contribution >= 4 is 0 Å². The van der Waals surface area contributed by atoms with Gasteiger partial charge in [-0.05, 0) is 32.6 Å². The van der Waals surface area contributed by atoms with E-state index in [4.69, 9.17) is 0 Å². The summed E-state index contributed by atoms with van der Waals surface area (Å²) in [7, 11) is 0. The van der Waals surface area contributed by atoms with Gasteiger partial charge in [0.15, 0.2) is 0 Å². The number of allylic oxidation sites excluding steroid dienone is 2. The van der Waals surface area contributed by atoms with Crippen LogP contribution in [0.15, 0.2) is 11.6 Å². The molecule has 0 N–H and O–H groups in total. The van der Waals surface area contributed by atoms with Crippen molar-refractivity contribution in [3.8, 4) is 0 Å². The van der Waals surface area contributed by atoms with E-state index >= 15 is 0 Å². The van der Waals surface area contributed by atoms with Crippen molar-refractivity contribution in [3.05, 3.63) is 11.6 Å². The van der Waals surface area contributed by atoms with Gasteiger partial charge in [-0.2, -0.15) is 0 Å². The van der Waals surface area contributed by atoms with Crippen molar-refractivity contribution in [3.63, 3.8) is 0 Å². The van der Waals surface area contributed by atoms with Crippen LogP contribution >= 0.6 is 0 Å². The molecule has 0 aromatic rings. The minimum atomic E-state index is -0.574. The van der Waals surface area contributed by atoms with E-state index < -0.39 is 6.17 Å². The Hall–Kier alpha value is -0.330. The third-order valence-corrected chi connectivity index (χ3v) is 4.45. The maximum absolute atomic E-state index is 13.9. The van der Waals surface area contributed by atoms with E-state index in [-0.39, 0.29) is 11.3 Å². The van der Waals surface area contributed by atoms with Gasteiger partial charge in [0.1, 0.15) is 6.17 Å². The molecular formula is C14H23F. The summed E-state index contributed by atoms with van der Waals surface area (Å²) >= 11 is 0. The van der Waals surface area contributed by atoms with Gasteiger partial charge in [0.25, 0.3) is 0 Å². The predicted molar refractivity (Wildman–Crippen MR) is 62.5 cm³/mol. The first kappa shape index (κ1) is 11.2. The van der Waals surface area contributed by atoms with Crippen LogP contribution in [-0.2, 0) is 0 Å². The third-order valence-electron chi connectivity index (χ3n) is 4.45. The highest BCUT2D eigenvalue weighted by Crippen LogP contribution is 2.64. The summed E-state index contributed by atoms with van der Waals surface area (Å²) in [5, 5.41) is 0. The summed E-state index contributed by atoms with van der Waals surface area (Å²) in [4.78, 5) is 0. The first-order chi connectivity index (χ1) is 7.09. The average molecular weight is 210 g/mol. The zero-order valence-electron chi connectivity index (χ0n) is 10.2. The Balaban J connectivity index is 2.17. The summed E-state index contributed by atoms with van der Waals surface area (Å²) in [6.07, 6.45) is 8.12. The van der Waals surface area contributed by atoms with Gasteiger partial charge < -0.3 is 0 Å². The van der Waals surface area contributed by atoms with Crippen LogP contribution in [0.1, 0.15) is 52.9 Å². The number of alkyl halides is 1. The molecule has 2 aliphatic carbocycles. The first-order valence-corrected chi connectivity index (χ1v) is 6.39. The average Bonchev–Trinajstić information content (AvgIpc) is 2.73. The fourth-order valence-electron chi connectivity index (χ4n) is 3.59. The van der Waals surface area contributed by atoms with Gasteiger partial charge in [0.2, 0.25) is 0 Å². The maximum Gasteiger partial charge on any atom is 0.113 e. The van der Waals surface area contributed by atoms with Gasteiger partial charge in [0.05, 0.1) is 0 Å². The Morgan fingerprint density at radius 1 is 1.20 bits per heavy atom.